The van der Waals surface area contributed by atoms with Crippen LogP contribution in [-0.2, 0) is 16.1 Å². The summed E-state index contributed by atoms with van der Waals surface area (Å²) in [5.41, 5.74) is 11.3. The van der Waals surface area contributed by atoms with Crippen LogP contribution in [0.1, 0.15) is 49.8 Å². The van der Waals surface area contributed by atoms with Crippen molar-refractivity contribution in [1.29, 1.82) is 0 Å². The summed E-state index contributed by atoms with van der Waals surface area (Å²) >= 11 is 0. The van der Waals surface area contributed by atoms with Gasteiger partial charge in [0.25, 0.3) is 0 Å². The predicted molar refractivity (Wildman–Crippen MR) is 141 cm³/mol. The van der Waals surface area contributed by atoms with Gasteiger partial charge in [-0.15, -0.1) is 5.53 Å². The molecule has 1 aliphatic carbocycles. The van der Waals surface area contributed by atoms with Gasteiger partial charge in [0.1, 0.15) is 5.75 Å². The molecule has 0 aliphatic heterocycles. The number of urea groups is 2. The molecule has 0 spiro atoms. The fraction of sp³-hybridized carbons (Fsp3) is 0.444. The number of methoxy groups -OCH3 is 1. The summed E-state index contributed by atoms with van der Waals surface area (Å²) in [5, 5.41) is 2.80. The van der Waals surface area contributed by atoms with Crippen molar-refractivity contribution >= 4 is 23.7 Å². The number of imide groups is 1. The third-order valence-corrected chi connectivity index (χ3v) is 6.17. The number of rotatable bonds is 11. The smallest absolute Gasteiger partial charge is 0.341 e. The maximum Gasteiger partial charge on any atom is 0.341 e. The molecule has 0 heterocycles. The lowest BCUT2D eigenvalue weighted by atomic mass is 10.0. The van der Waals surface area contributed by atoms with E-state index in [1.54, 1.807) is 0 Å². The molecule has 0 atom stereocenters. The van der Waals surface area contributed by atoms with E-state index in [9.17, 15) is 14.4 Å². The van der Waals surface area contributed by atoms with E-state index in [-0.39, 0.29) is 31.6 Å². The standard InChI is InChI=1S/C27H37N5O5/c1-18(2)37-23-11-10-22(14-20(23)4)29-31-30-26(35)32(17-27(12-13-27)15-24(33)36-5)25(34)28-16-21-8-6-19(3)7-9-21/h6-11,14,18,29,31H,12-13,15-17H2,1-5H3,(H,28,34)(H,30,35). The van der Waals surface area contributed by atoms with Gasteiger partial charge in [0.05, 0.1) is 25.3 Å². The number of esters is 1. The molecule has 4 amide bonds. The lowest BCUT2D eigenvalue weighted by molar-refractivity contribution is -0.142. The fourth-order valence-electron chi connectivity index (χ4n) is 3.83. The third kappa shape index (κ3) is 8.38. The van der Waals surface area contributed by atoms with E-state index in [1.165, 1.54) is 7.11 Å². The molecule has 0 aromatic heterocycles. The van der Waals surface area contributed by atoms with Crippen molar-refractivity contribution in [2.24, 2.45) is 5.41 Å². The molecule has 0 unspecified atom stereocenters. The van der Waals surface area contributed by atoms with Gasteiger partial charge in [-0.05, 0) is 75.3 Å². The molecule has 10 nitrogen and oxygen atoms in total. The molecular formula is C27H37N5O5. The van der Waals surface area contributed by atoms with Crippen LogP contribution in [0.2, 0.25) is 0 Å². The minimum absolute atomic E-state index is 0.0620. The number of ether oxygens (including phenoxy) is 2. The summed E-state index contributed by atoms with van der Waals surface area (Å²) in [6.07, 6.45) is 1.67. The van der Waals surface area contributed by atoms with Gasteiger partial charge in [0.15, 0.2) is 0 Å². The summed E-state index contributed by atoms with van der Waals surface area (Å²) in [5.74, 6) is 0.416. The molecule has 0 saturated heterocycles. The zero-order chi connectivity index (χ0) is 27.0. The van der Waals surface area contributed by atoms with Gasteiger partial charge < -0.3 is 20.2 Å². The van der Waals surface area contributed by atoms with Crippen molar-refractivity contribution in [3.05, 3.63) is 59.2 Å². The lowest BCUT2D eigenvalue weighted by Gasteiger charge is -2.26. The number of carbonyl (C=O) groups excluding carboxylic acids is 3. The number of hydrogen-bond acceptors (Lipinski definition) is 7. The second kappa shape index (κ2) is 12.4. The Hall–Kier alpha value is -3.79. The van der Waals surface area contributed by atoms with Crippen molar-refractivity contribution in [3.63, 3.8) is 0 Å². The number of carbonyl (C=O) groups is 3. The Morgan fingerprint density at radius 1 is 1.03 bits per heavy atom. The monoisotopic (exact) mass is 511 g/mol. The Morgan fingerprint density at radius 2 is 1.73 bits per heavy atom. The minimum Gasteiger partial charge on any atom is -0.491 e. The summed E-state index contributed by atoms with van der Waals surface area (Å²) < 4.78 is 10.6. The van der Waals surface area contributed by atoms with Crippen molar-refractivity contribution in [1.82, 2.24) is 21.2 Å². The first-order valence-electron chi connectivity index (χ1n) is 12.4. The lowest BCUT2D eigenvalue weighted by Crippen LogP contribution is -2.54. The molecule has 1 fully saturated rings. The fourth-order valence-corrected chi connectivity index (χ4v) is 3.83. The minimum atomic E-state index is -0.651. The molecule has 3 rings (SSSR count). The zero-order valence-corrected chi connectivity index (χ0v) is 22.1. The Kier molecular flexibility index (Phi) is 9.35. The molecule has 200 valence electrons. The first-order chi connectivity index (χ1) is 17.6. The SMILES string of the molecule is COC(=O)CC1(CN(C(=O)NCc2ccc(C)cc2)C(=O)NNNc2ccc(OC(C)C)c(C)c2)CC1. The van der Waals surface area contributed by atoms with Crippen LogP contribution < -0.4 is 26.4 Å². The largest absolute Gasteiger partial charge is 0.491 e. The van der Waals surface area contributed by atoms with E-state index in [1.807, 2.05) is 70.2 Å². The molecule has 4 N–H and O–H groups in total. The first-order valence-corrected chi connectivity index (χ1v) is 12.4. The van der Waals surface area contributed by atoms with Crippen LogP contribution >= 0.6 is 0 Å². The van der Waals surface area contributed by atoms with E-state index < -0.39 is 17.5 Å². The van der Waals surface area contributed by atoms with E-state index >= 15 is 0 Å². The number of nitrogens with one attached hydrogen (secondary N) is 4. The highest BCUT2D eigenvalue weighted by Crippen LogP contribution is 2.49. The van der Waals surface area contributed by atoms with Crippen molar-refractivity contribution in [3.8, 4) is 5.75 Å². The predicted octanol–water partition coefficient (Wildman–Crippen LogP) is 4.19. The Balaban J connectivity index is 1.62. The number of amides is 4. The van der Waals surface area contributed by atoms with Crippen molar-refractivity contribution < 1.29 is 23.9 Å². The summed E-state index contributed by atoms with van der Waals surface area (Å²) in [6, 6.07) is 12.1. The molecule has 2 aromatic rings. The van der Waals surface area contributed by atoms with E-state index in [2.05, 4.69) is 21.7 Å². The normalized spacial score (nSPS) is 13.5. The van der Waals surface area contributed by atoms with Gasteiger partial charge in [0, 0.05) is 13.1 Å². The Morgan fingerprint density at radius 3 is 2.32 bits per heavy atom. The highest BCUT2D eigenvalue weighted by molar-refractivity contribution is 5.93. The topological polar surface area (TPSA) is 121 Å². The van der Waals surface area contributed by atoms with Gasteiger partial charge in [-0.3, -0.25) is 10.2 Å². The van der Waals surface area contributed by atoms with Crippen LogP contribution in [0, 0.1) is 19.3 Å². The quantitative estimate of drug-likeness (QED) is 0.264. The van der Waals surface area contributed by atoms with Gasteiger partial charge in [-0.1, -0.05) is 29.8 Å². The van der Waals surface area contributed by atoms with E-state index in [0.717, 1.165) is 40.2 Å². The maximum absolute atomic E-state index is 13.1. The number of anilines is 1. The molecule has 2 aromatic carbocycles. The number of nitrogens with zero attached hydrogens (tertiary/aromatic N) is 1. The third-order valence-electron chi connectivity index (χ3n) is 6.17. The molecule has 0 radical (unpaired) electrons. The number of benzene rings is 2. The summed E-state index contributed by atoms with van der Waals surface area (Å²) in [6.45, 7) is 8.20. The Bertz CT molecular complexity index is 1100. The highest BCUT2D eigenvalue weighted by atomic mass is 16.5. The van der Waals surface area contributed by atoms with E-state index in [0.29, 0.717) is 5.69 Å². The summed E-state index contributed by atoms with van der Waals surface area (Å²) in [4.78, 5) is 39.1. The van der Waals surface area contributed by atoms with Crippen LogP contribution in [0.4, 0.5) is 15.3 Å². The molecular weight excluding hydrogens is 474 g/mol. The van der Waals surface area contributed by atoms with Gasteiger partial charge in [-0.2, -0.15) is 0 Å². The van der Waals surface area contributed by atoms with E-state index in [4.69, 9.17) is 9.47 Å². The second-order valence-corrected chi connectivity index (χ2v) is 9.81. The van der Waals surface area contributed by atoms with Crippen molar-refractivity contribution in [2.45, 2.75) is 59.6 Å². The maximum atomic E-state index is 13.1. The number of hydrazine groups is 2. The average molecular weight is 512 g/mol. The summed E-state index contributed by atoms with van der Waals surface area (Å²) in [7, 11) is 1.33. The van der Waals surface area contributed by atoms with Crippen LogP contribution in [0.3, 0.4) is 0 Å². The van der Waals surface area contributed by atoms with Crippen LogP contribution in [-0.4, -0.2) is 42.7 Å². The van der Waals surface area contributed by atoms with Crippen LogP contribution in [0.25, 0.3) is 0 Å². The Labute approximate surface area is 218 Å². The highest BCUT2D eigenvalue weighted by Gasteiger charge is 2.48. The number of aryl methyl sites for hydroxylation is 2. The second-order valence-electron chi connectivity index (χ2n) is 9.81. The molecule has 1 saturated carbocycles. The molecule has 37 heavy (non-hydrogen) atoms. The van der Waals surface area contributed by atoms with Gasteiger partial charge in [-0.25, -0.2) is 14.5 Å². The molecule has 0 bridgehead atoms. The van der Waals surface area contributed by atoms with Gasteiger partial charge in [0.2, 0.25) is 0 Å². The molecule has 1 aliphatic rings. The number of hydrogen-bond donors (Lipinski definition) is 4. The van der Waals surface area contributed by atoms with Crippen LogP contribution in [0.5, 0.6) is 5.75 Å². The zero-order valence-electron chi connectivity index (χ0n) is 22.1. The van der Waals surface area contributed by atoms with Crippen LogP contribution in [0.15, 0.2) is 42.5 Å². The van der Waals surface area contributed by atoms with Gasteiger partial charge >= 0.3 is 18.0 Å². The average Bonchev–Trinajstić information content (AvgIpc) is 3.62. The first kappa shape index (κ1) is 27.8. The van der Waals surface area contributed by atoms with Crippen molar-refractivity contribution in [2.75, 3.05) is 19.1 Å². The molecule has 10 heteroatoms.